The molecule has 0 aliphatic rings. The molecule has 0 aliphatic carbocycles. The van der Waals surface area contributed by atoms with E-state index in [0.717, 1.165) is 11.6 Å². The van der Waals surface area contributed by atoms with E-state index in [9.17, 15) is 9.18 Å². The monoisotopic (exact) mass is 246 g/mol. The quantitative estimate of drug-likeness (QED) is 0.841. The number of rotatable bonds is 4. The zero-order chi connectivity index (χ0) is 13.0. The normalized spacial score (nSPS) is 10.9. The van der Waals surface area contributed by atoms with Gasteiger partial charge >= 0.3 is 5.97 Å². The van der Waals surface area contributed by atoms with E-state index < -0.39 is 11.8 Å². The van der Waals surface area contributed by atoms with Gasteiger partial charge in [-0.05, 0) is 29.8 Å². The SMILES string of the molecule is O=C(O)/C=C/c1cc(Cn2cccn2)ccc1F. The first kappa shape index (κ1) is 12.0. The van der Waals surface area contributed by atoms with Crippen LogP contribution in [0.15, 0.2) is 42.7 Å². The molecule has 0 fully saturated rings. The van der Waals surface area contributed by atoms with Crippen LogP contribution < -0.4 is 0 Å². The summed E-state index contributed by atoms with van der Waals surface area (Å²) in [7, 11) is 0. The number of hydrogen-bond donors (Lipinski definition) is 1. The second-order valence-electron chi connectivity index (χ2n) is 3.73. The van der Waals surface area contributed by atoms with E-state index in [2.05, 4.69) is 5.10 Å². The Kier molecular flexibility index (Phi) is 3.52. The molecular formula is C13H11FN2O2. The molecule has 5 heteroatoms. The highest BCUT2D eigenvalue weighted by Gasteiger charge is 2.02. The predicted octanol–water partition coefficient (Wildman–Crippen LogP) is 2.17. The maximum absolute atomic E-state index is 13.4. The number of carboxylic acids is 1. The standard InChI is InChI=1S/C13H11FN2O2/c14-12-4-2-10(9-16-7-1-6-15-16)8-11(12)3-5-13(17)18/h1-8H,9H2,(H,17,18)/b5-3+. The zero-order valence-corrected chi connectivity index (χ0v) is 9.45. The summed E-state index contributed by atoms with van der Waals surface area (Å²) in [6, 6.07) is 6.38. The van der Waals surface area contributed by atoms with Crippen molar-refractivity contribution in [3.63, 3.8) is 0 Å². The third-order valence-electron chi connectivity index (χ3n) is 2.37. The number of aliphatic carboxylic acids is 1. The first-order valence-corrected chi connectivity index (χ1v) is 5.32. The number of aromatic nitrogens is 2. The Morgan fingerprint density at radius 2 is 2.33 bits per heavy atom. The molecule has 4 nitrogen and oxygen atoms in total. The Morgan fingerprint density at radius 3 is 3.00 bits per heavy atom. The molecule has 92 valence electrons. The molecule has 0 saturated carbocycles. The second kappa shape index (κ2) is 5.27. The maximum atomic E-state index is 13.4. The lowest BCUT2D eigenvalue weighted by molar-refractivity contribution is -0.131. The minimum atomic E-state index is -1.10. The lowest BCUT2D eigenvalue weighted by Crippen LogP contribution is -2.00. The molecule has 0 atom stereocenters. The van der Waals surface area contributed by atoms with Crippen LogP contribution in [0.4, 0.5) is 4.39 Å². The van der Waals surface area contributed by atoms with Crippen molar-refractivity contribution in [3.05, 3.63) is 59.7 Å². The van der Waals surface area contributed by atoms with Crippen molar-refractivity contribution in [2.24, 2.45) is 0 Å². The van der Waals surface area contributed by atoms with Gasteiger partial charge in [-0.3, -0.25) is 4.68 Å². The van der Waals surface area contributed by atoms with Crippen molar-refractivity contribution < 1.29 is 14.3 Å². The largest absolute Gasteiger partial charge is 0.478 e. The van der Waals surface area contributed by atoms with Gasteiger partial charge in [0.05, 0.1) is 6.54 Å². The molecule has 0 aliphatic heterocycles. The highest BCUT2D eigenvalue weighted by Crippen LogP contribution is 2.13. The molecule has 2 rings (SSSR count). The number of nitrogens with zero attached hydrogens (tertiary/aromatic N) is 2. The van der Waals surface area contributed by atoms with Crippen molar-refractivity contribution in [1.82, 2.24) is 9.78 Å². The van der Waals surface area contributed by atoms with Crippen molar-refractivity contribution >= 4 is 12.0 Å². The van der Waals surface area contributed by atoms with Gasteiger partial charge in [0.2, 0.25) is 0 Å². The number of halogens is 1. The molecule has 0 unspecified atom stereocenters. The van der Waals surface area contributed by atoms with Gasteiger partial charge in [0.1, 0.15) is 5.82 Å². The number of carbonyl (C=O) groups is 1. The van der Waals surface area contributed by atoms with Gasteiger partial charge in [-0.15, -0.1) is 0 Å². The smallest absolute Gasteiger partial charge is 0.328 e. The average Bonchev–Trinajstić information content (AvgIpc) is 2.82. The van der Waals surface area contributed by atoms with Gasteiger partial charge in [0.15, 0.2) is 0 Å². The molecule has 0 radical (unpaired) electrons. The summed E-state index contributed by atoms with van der Waals surface area (Å²) in [4.78, 5) is 10.4. The highest BCUT2D eigenvalue weighted by atomic mass is 19.1. The van der Waals surface area contributed by atoms with Gasteiger partial charge < -0.3 is 5.11 Å². The Labute approximate surface area is 103 Å². The van der Waals surface area contributed by atoms with Crippen LogP contribution in [-0.4, -0.2) is 20.9 Å². The molecule has 1 aromatic carbocycles. The topological polar surface area (TPSA) is 55.1 Å². The van der Waals surface area contributed by atoms with Crippen LogP contribution in [0.2, 0.25) is 0 Å². The van der Waals surface area contributed by atoms with E-state index in [1.165, 1.54) is 12.1 Å². The second-order valence-corrected chi connectivity index (χ2v) is 3.73. The molecular weight excluding hydrogens is 235 g/mol. The van der Waals surface area contributed by atoms with Crippen molar-refractivity contribution in [3.8, 4) is 0 Å². The summed E-state index contributed by atoms with van der Waals surface area (Å²) in [5.74, 6) is -1.55. The molecule has 1 aromatic heterocycles. The molecule has 18 heavy (non-hydrogen) atoms. The molecule has 0 saturated heterocycles. The fraction of sp³-hybridized carbons (Fsp3) is 0.0769. The molecule has 0 bridgehead atoms. The van der Waals surface area contributed by atoms with Crippen LogP contribution in [0.25, 0.3) is 6.08 Å². The van der Waals surface area contributed by atoms with E-state index in [0.29, 0.717) is 6.54 Å². The first-order chi connectivity index (χ1) is 8.65. The highest BCUT2D eigenvalue weighted by molar-refractivity contribution is 5.85. The number of carboxylic acid groups (broad SMARTS) is 1. The molecule has 1 heterocycles. The van der Waals surface area contributed by atoms with Crippen LogP contribution in [0.1, 0.15) is 11.1 Å². The van der Waals surface area contributed by atoms with Crippen LogP contribution >= 0.6 is 0 Å². The van der Waals surface area contributed by atoms with Crippen molar-refractivity contribution in [2.75, 3.05) is 0 Å². The Balaban J connectivity index is 2.23. The predicted molar refractivity (Wildman–Crippen MR) is 64.4 cm³/mol. The average molecular weight is 246 g/mol. The lowest BCUT2D eigenvalue weighted by atomic mass is 10.1. The van der Waals surface area contributed by atoms with Crippen LogP contribution in [0.3, 0.4) is 0 Å². The van der Waals surface area contributed by atoms with Crippen molar-refractivity contribution in [2.45, 2.75) is 6.54 Å². The third-order valence-corrected chi connectivity index (χ3v) is 2.37. The Bertz CT molecular complexity index is 577. The van der Waals surface area contributed by atoms with Gasteiger partial charge in [-0.25, -0.2) is 9.18 Å². The molecule has 0 spiro atoms. The summed E-state index contributed by atoms with van der Waals surface area (Å²) in [6.07, 6.45) is 5.62. The molecule has 2 aromatic rings. The lowest BCUT2D eigenvalue weighted by Gasteiger charge is -2.04. The van der Waals surface area contributed by atoms with E-state index in [1.807, 2.05) is 0 Å². The maximum Gasteiger partial charge on any atom is 0.328 e. The summed E-state index contributed by atoms with van der Waals surface area (Å²) in [5, 5.41) is 12.6. The minimum Gasteiger partial charge on any atom is -0.478 e. The minimum absolute atomic E-state index is 0.252. The number of benzene rings is 1. The van der Waals surface area contributed by atoms with E-state index in [1.54, 1.807) is 35.3 Å². The fourth-order valence-corrected chi connectivity index (χ4v) is 1.56. The summed E-state index contributed by atoms with van der Waals surface area (Å²) < 4.78 is 15.1. The summed E-state index contributed by atoms with van der Waals surface area (Å²) in [6.45, 7) is 0.515. The van der Waals surface area contributed by atoms with Gasteiger partial charge in [0.25, 0.3) is 0 Å². The van der Waals surface area contributed by atoms with E-state index in [-0.39, 0.29) is 5.56 Å². The first-order valence-electron chi connectivity index (χ1n) is 5.32. The van der Waals surface area contributed by atoms with E-state index in [4.69, 9.17) is 5.11 Å². The van der Waals surface area contributed by atoms with Crippen LogP contribution in [0.5, 0.6) is 0 Å². The molecule has 1 N–H and O–H groups in total. The fourth-order valence-electron chi connectivity index (χ4n) is 1.56. The van der Waals surface area contributed by atoms with E-state index >= 15 is 0 Å². The summed E-state index contributed by atoms with van der Waals surface area (Å²) >= 11 is 0. The van der Waals surface area contributed by atoms with Gasteiger partial charge in [0, 0.05) is 24.0 Å². The zero-order valence-electron chi connectivity index (χ0n) is 9.45. The van der Waals surface area contributed by atoms with Crippen LogP contribution in [0, 0.1) is 5.82 Å². The summed E-state index contributed by atoms with van der Waals surface area (Å²) in [5.41, 5.74) is 1.10. The van der Waals surface area contributed by atoms with Gasteiger partial charge in [-0.1, -0.05) is 6.07 Å². The Hall–Kier alpha value is -2.43. The van der Waals surface area contributed by atoms with Crippen LogP contribution in [-0.2, 0) is 11.3 Å². The van der Waals surface area contributed by atoms with Crippen molar-refractivity contribution in [1.29, 1.82) is 0 Å². The van der Waals surface area contributed by atoms with Gasteiger partial charge in [-0.2, -0.15) is 5.10 Å². The third kappa shape index (κ3) is 3.04. The molecule has 0 amide bonds. The number of hydrogen-bond acceptors (Lipinski definition) is 2. The Morgan fingerprint density at radius 1 is 1.50 bits per heavy atom.